The third-order valence-electron chi connectivity index (χ3n) is 1.83. The third kappa shape index (κ3) is 3.94. The van der Waals surface area contributed by atoms with Crippen molar-refractivity contribution < 1.29 is 14.6 Å². The number of aliphatic carboxylic acids is 1. The van der Waals surface area contributed by atoms with Crippen LogP contribution in [-0.4, -0.2) is 24.7 Å². The molecule has 0 bridgehead atoms. The summed E-state index contributed by atoms with van der Waals surface area (Å²) >= 11 is 3.35. The Morgan fingerprint density at radius 3 is 3.00 bits per heavy atom. The number of halogens is 1. The molecule has 0 aromatic heterocycles. The molecular weight excluding hydrogens is 274 g/mol. The lowest BCUT2D eigenvalue weighted by atomic mass is 10.3. The van der Waals surface area contributed by atoms with Crippen LogP contribution in [0.2, 0.25) is 0 Å². The van der Waals surface area contributed by atoms with Crippen molar-refractivity contribution in [2.45, 2.75) is 0 Å². The normalized spacial score (nSPS) is 10.4. The van der Waals surface area contributed by atoms with E-state index in [1.807, 2.05) is 18.2 Å². The highest BCUT2D eigenvalue weighted by molar-refractivity contribution is 9.10. The van der Waals surface area contributed by atoms with Gasteiger partial charge in [0.25, 0.3) is 0 Å². The molecule has 0 saturated carbocycles. The fourth-order valence-electron chi connectivity index (χ4n) is 1.15. The Morgan fingerprint density at radius 2 is 2.38 bits per heavy atom. The van der Waals surface area contributed by atoms with Gasteiger partial charge in [-0.1, -0.05) is 22.0 Å². The number of nitrogens with one attached hydrogen (secondary N) is 1. The fourth-order valence-corrected chi connectivity index (χ4v) is 1.51. The van der Waals surface area contributed by atoms with E-state index in [-0.39, 0.29) is 0 Å². The smallest absolute Gasteiger partial charge is 0.328 e. The highest BCUT2D eigenvalue weighted by atomic mass is 79.9. The number of methoxy groups -OCH3 is 1. The van der Waals surface area contributed by atoms with E-state index in [4.69, 9.17) is 9.84 Å². The number of benzene rings is 1. The van der Waals surface area contributed by atoms with Crippen LogP contribution in [0.5, 0.6) is 5.75 Å². The summed E-state index contributed by atoms with van der Waals surface area (Å²) in [7, 11) is 1.58. The van der Waals surface area contributed by atoms with E-state index >= 15 is 0 Å². The molecule has 0 amide bonds. The molecule has 0 saturated heterocycles. The van der Waals surface area contributed by atoms with E-state index in [1.54, 1.807) is 7.11 Å². The zero-order valence-corrected chi connectivity index (χ0v) is 10.3. The van der Waals surface area contributed by atoms with Crippen LogP contribution >= 0.6 is 15.9 Å². The van der Waals surface area contributed by atoms with Crippen molar-refractivity contribution >= 4 is 27.6 Å². The van der Waals surface area contributed by atoms with E-state index in [2.05, 4.69) is 21.2 Å². The van der Waals surface area contributed by atoms with E-state index in [9.17, 15) is 4.79 Å². The summed E-state index contributed by atoms with van der Waals surface area (Å²) in [5.74, 6) is -0.241. The maximum atomic E-state index is 10.2. The largest absolute Gasteiger partial charge is 0.495 e. The molecular formula is C11H12BrNO3. The number of carboxylic acid groups (broad SMARTS) is 1. The number of hydrogen-bond acceptors (Lipinski definition) is 3. The molecule has 86 valence electrons. The predicted octanol–water partition coefficient (Wildman–Crippen LogP) is 2.51. The minimum absolute atomic E-state index is 0.430. The minimum atomic E-state index is -0.956. The van der Waals surface area contributed by atoms with Gasteiger partial charge in [0.2, 0.25) is 0 Å². The lowest BCUT2D eigenvalue weighted by molar-refractivity contribution is -0.131. The molecule has 0 spiro atoms. The first-order valence-corrected chi connectivity index (χ1v) is 5.39. The summed E-state index contributed by atoms with van der Waals surface area (Å²) < 4.78 is 6.08. The second-order valence-corrected chi connectivity index (χ2v) is 3.88. The molecule has 0 aliphatic heterocycles. The molecule has 0 aliphatic carbocycles. The van der Waals surface area contributed by atoms with E-state index < -0.39 is 5.97 Å². The van der Waals surface area contributed by atoms with Gasteiger partial charge in [-0.2, -0.15) is 0 Å². The van der Waals surface area contributed by atoms with Crippen LogP contribution in [-0.2, 0) is 4.79 Å². The SMILES string of the molecule is COc1ccc(Br)cc1NC/C=C/C(=O)O. The van der Waals surface area contributed by atoms with Gasteiger partial charge in [0.05, 0.1) is 12.8 Å². The topological polar surface area (TPSA) is 58.6 Å². The molecule has 0 radical (unpaired) electrons. The molecule has 0 heterocycles. The third-order valence-corrected chi connectivity index (χ3v) is 2.33. The van der Waals surface area contributed by atoms with Crippen molar-refractivity contribution in [3.05, 3.63) is 34.8 Å². The van der Waals surface area contributed by atoms with Gasteiger partial charge in [0, 0.05) is 17.1 Å². The quantitative estimate of drug-likeness (QED) is 0.817. The van der Waals surface area contributed by atoms with Gasteiger partial charge in [-0.3, -0.25) is 0 Å². The summed E-state index contributed by atoms with van der Waals surface area (Å²) in [6.07, 6.45) is 2.63. The van der Waals surface area contributed by atoms with Crippen molar-refractivity contribution in [3.63, 3.8) is 0 Å². The molecule has 0 aliphatic rings. The van der Waals surface area contributed by atoms with Crippen molar-refractivity contribution in [3.8, 4) is 5.75 Å². The maximum Gasteiger partial charge on any atom is 0.328 e. The lowest BCUT2D eigenvalue weighted by Crippen LogP contribution is -2.01. The fraction of sp³-hybridized carbons (Fsp3) is 0.182. The summed E-state index contributed by atoms with van der Waals surface area (Å²) in [4.78, 5) is 10.2. The molecule has 1 aromatic rings. The molecule has 0 fully saturated rings. The Hall–Kier alpha value is -1.49. The van der Waals surface area contributed by atoms with Crippen LogP contribution < -0.4 is 10.1 Å². The zero-order chi connectivity index (χ0) is 12.0. The van der Waals surface area contributed by atoms with Crippen LogP contribution in [0.15, 0.2) is 34.8 Å². The van der Waals surface area contributed by atoms with E-state index in [0.717, 1.165) is 16.2 Å². The number of hydrogen-bond donors (Lipinski definition) is 2. The second kappa shape index (κ2) is 6.17. The molecule has 0 atom stereocenters. The van der Waals surface area contributed by atoms with Crippen LogP contribution in [0.1, 0.15) is 0 Å². The van der Waals surface area contributed by atoms with Gasteiger partial charge in [0.1, 0.15) is 5.75 Å². The first-order chi connectivity index (χ1) is 7.63. The molecule has 4 nitrogen and oxygen atoms in total. The van der Waals surface area contributed by atoms with Gasteiger partial charge in [-0.15, -0.1) is 0 Å². The van der Waals surface area contributed by atoms with Crippen LogP contribution in [0, 0.1) is 0 Å². The van der Waals surface area contributed by atoms with Crippen LogP contribution in [0.4, 0.5) is 5.69 Å². The maximum absolute atomic E-state index is 10.2. The Labute approximate surface area is 102 Å². The lowest BCUT2D eigenvalue weighted by Gasteiger charge is -2.09. The monoisotopic (exact) mass is 285 g/mol. The number of ether oxygens (including phenoxy) is 1. The van der Waals surface area contributed by atoms with Crippen LogP contribution in [0.25, 0.3) is 0 Å². The number of carbonyl (C=O) groups is 1. The van der Waals surface area contributed by atoms with Crippen molar-refractivity contribution in [2.75, 3.05) is 19.0 Å². The zero-order valence-electron chi connectivity index (χ0n) is 8.74. The van der Waals surface area contributed by atoms with Gasteiger partial charge in [-0.25, -0.2) is 4.79 Å². The Balaban J connectivity index is 2.65. The van der Waals surface area contributed by atoms with E-state index in [1.165, 1.54) is 6.08 Å². The Morgan fingerprint density at radius 1 is 1.62 bits per heavy atom. The van der Waals surface area contributed by atoms with Crippen molar-refractivity contribution in [2.24, 2.45) is 0 Å². The Kier molecular flexibility index (Phi) is 4.85. The van der Waals surface area contributed by atoms with Gasteiger partial charge in [-0.05, 0) is 18.2 Å². The van der Waals surface area contributed by atoms with Gasteiger partial charge < -0.3 is 15.2 Å². The van der Waals surface area contributed by atoms with Gasteiger partial charge in [0.15, 0.2) is 0 Å². The number of carboxylic acids is 1. The summed E-state index contributed by atoms with van der Waals surface area (Å²) in [5, 5.41) is 11.5. The molecule has 16 heavy (non-hydrogen) atoms. The molecule has 2 N–H and O–H groups in total. The first kappa shape index (κ1) is 12.6. The highest BCUT2D eigenvalue weighted by Crippen LogP contribution is 2.27. The molecule has 5 heteroatoms. The summed E-state index contributed by atoms with van der Waals surface area (Å²) in [5.41, 5.74) is 0.812. The summed E-state index contributed by atoms with van der Waals surface area (Å²) in [6, 6.07) is 5.57. The summed E-state index contributed by atoms with van der Waals surface area (Å²) in [6.45, 7) is 0.430. The minimum Gasteiger partial charge on any atom is -0.495 e. The second-order valence-electron chi connectivity index (χ2n) is 2.97. The number of anilines is 1. The number of rotatable bonds is 5. The average molecular weight is 286 g/mol. The van der Waals surface area contributed by atoms with Gasteiger partial charge >= 0.3 is 5.97 Å². The molecule has 1 aromatic carbocycles. The highest BCUT2D eigenvalue weighted by Gasteiger charge is 2.01. The first-order valence-electron chi connectivity index (χ1n) is 4.60. The average Bonchev–Trinajstić information content (AvgIpc) is 2.24. The Bertz CT molecular complexity index is 404. The predicted molar refractivity (Wildman–Crippen MR) is 66.0 cm³/mol. The molecule has 1 rings (SSSR count). The van der Waals surface area contributed by atoms with Crippen molar-refractivity contribution in [1.82, 2.24) is 0 Å². The standard InChI is InChI=1S/C11H12BrNO3/c1-16-10-5-4-8(12)7-9(10)13-6-2-3-11(14)15/h2-5,7,13H,6H2,1H3,(H,14,15)/b3-2+. The van der Waals surface area contributed by atoms with E-state index in [0.29, 0.717) is 12.3 Å². The van der Waals surface area contributed by atoms with Crippen LogP contribution in [0.3, 0.4) is 0 Å². The van der Waals surface area contributed by atoms with Crippen molar-refractivity contribution in [1.29, 1.82) is 0 Å². The molecule has 0 unspecified atom stereocenters.